The van der Waals surface area contributed by atoms with Crippen molar-refractivity contribution in [2.45, 2.75) is 12.7 Å². The van der Waals surface area contributed by atoms with Gasteiger partial charge in [-0.05, 0) is 23.7 Å². The second-order valence-electron chi connectivity index (χ2n) is 3.89. The summed E-state index contributed by atoms with van der Waals surface area (Å²) in [6.07, 6.45) is -4.48. The van der Waals surface area contributed by atoms with Crippen molar-refractivity contribution in [2.75, 3.05) is 7.11 Å². The number of rotatable bonds is 3. The highest BCUT2D eigenvalue weighted by Gasteiger charge is 2.33. The Labute approximate surface area is 120 Å². The topological polar surface area (TPSA) is 74.1 Å². The van der Waals surface area contributed by atoms with Crippen molar-refractivity contribution < 1.29 is 22.7 Å². The largest absolute Gasteiger partial charge is 0.464 e. The molecule has 0 bridgehead atoms. The van der Waals surface area contributed by atoms with Gasteiger partial charge in [0.25, 0.3) is 5.56 Å². The number of alkyl halides is 3. The van der Waals surface area contributed by atoms with Gasteiger partial charge in [-0.25, -0.2) is 9.48 Å². The minimum Gasteiger partial charge on any atom is -0.464 e. The molecule has 0 saturated heterocycles. The summed E-state index contributed by atoms with van der Waals surface area (Å²) in [5.74, 6) is -0.752. The lowest BCUT2D eigenvalue weighted by molar-refractivity contribution is -0.134. The zero-order chi connectivity index (χ0) is 15.6. The fourth-order valence-electron chi connectivity index (χ4n) is 1.45. The van der Waals surface area contributed by atoms with E-state index in [4.69, 9.17) is 0 Å². The number of carbonyl (C=O) groups excluding carboxylic acids is 1. The normalized spacial score (nSPS) is 11.4. The molecule has 0 unspecified atom stereocenters. The average molecular weight is 319 g/mol. The maximum Gasteiger partial charge on any atom is 0.427 e. The predicted molar refractivity (Wildman–Crippen MR) is 66.1 cm³/mol. The second kappa shape index (κ2) is 5.64. The number of halogens is 3. The monoisotopic (exact) mass is 319 g/mol. The highest BCUT2D eigenvalue weighted by molar-refractivity contribution is 7.05. The van der Waals surface area contributed by atoms with Crippen LogP contribution in [0.2, 0.25) is 0 Å². The molecular weight excluding hydrogens is 311 g/mol. The lowest BCUT2D eigenvalue weighted by Gasteiger charge is -2.04. The molecule has 0 spiro atoms. The molecule has 0 fully saturated rings. The number of hydrogen-bond donors (Lipinski definition) is 0. The summed E-state index contributed by atoms with van der Waals surface area (Å²) in [5, 5.41) is 3.72. The van der Waals surface area contributed by atoms with E-state index < -0.39 is 22.6 Å². The number of methoxy groups -OCH3 is 1. The third kappa shape index (κ3) is 3.45. The van der Waals surface area contributed by atoms with Crippen molar-refractivity contribution in [3.05, 3.63) is 44.8 Å². The third-order valence-corrected chi connectivity index (χ3v) is 3.28. The Bertz CT molecular complexity index is 723. The van der Waals surface area contributed by atoms with Gasteiger partial charge in [0.15, 0.2) is 5.69 Å². The number of carbonyl (C=O) groups is 1. The number of aromatic nitrogens is 3. The van der Waals surface area contributed by atoms with Gasteiger partial charge in [0, 0.05) is 6.07 Å². The molecule has 0 saturated carbocycles. The van der Waals surface area contributed by atoms with Gasteiger partial charge in [0.1, 0.15) is 4.88 Å². The summed E-state index contributed by atoms with van der Waals surface area (Å²) in [5.41, 5.74) is -0.656. The van der Waals surface area contributed by atoms with Crippen LogP contribution in [0.3, 0.4) is 0 Å². The molecule has 0 aliphatic rings. The summed E-state index contributed by atoms with van der Waals surface area (Å²) >= 11 is 0.287. The minimum absolute atomic E-state index is 0.0314. The molecule has 2 aromatic heterocycles. The molecule has 2 aromatic rings. The Morgan fingerprint density at radius 2 is 2.14 bits per heavy atom. The first-order chi connectivity index (χ1) is 9.81. The van der Waals surface area contributed by atoms with Gasteiger partial charge in [-0.3, -0.25) is 4.79 Å². The Morgan fingerprint density at radius 3 is 2.71 bits per heavy atom. The van der Waals surface area contributed by atoms with Gasteiger partial charge in [-0.2, -0.15) is 22.6 Å². The van der Waals surface area contributed by atoms with Gasteiger partial charge < -0.3 is 4.74 Å². The summed E-state index contributed by atoms with van der Waals surface area (Å²) in [4.78, 5) is 22.0. The molecule has 0 aromatic carbocycles. The second-order valence-corrected chi connectivity index (χ2v) is 4.69. The van der Waals surface area contributed by atoms with Crippen LogP contribution in [-0.4, -0.2) is 27.2 Å². The maximum atomic E-state index is 12.5. The van der Waals surface area contributed by atoms with Gasteiger partial charge in [0.05, 0.1) is 19.3 Å². The van der Waals surface area contributed by atoms with Crippen molar-refractivity contribution in [3.8, 4) is 0 Å². The van der Waals surface area contributed by atoms with Gasteiger partial charge >= 0.3 is 12.1 Å². The molecule has 2 rings (SSSR count). The number of nitrogens with zero attached hydrogens (tertiary/aromatic N) is 3. The van der Waals surface area contributed by atoms with E-state index in [0.717, 1.165) is 23.9 Å². The van der Waals surface area contributed by atoms with E-state index in [1.165, 1.54) is 6.07 Å². The summed E-state index contributed by atoms with van der Waals surface area (Å²) in [6.45, 7) is -0.268. The van der Waals surface area contributed by atoms with E-state index in [1.807, 2.05) is 0 Å². The predicted octanol–water partition coefficient (Wildman–Crippen LogP) is 1.55. The van der Waals surface area contributed by atoms with Crippen molar-refractivity contribution in [2.24, 2.45) is 0 Å². The van der Waals surface area contributed by atoms with E-state index in [9.17, 15) is 22.8 Å². The van der Waals surface area contributed by atoms with Gasteiger partial charge in [-0.15, -0.1) is 0 Å². The molecule has 2 heterocycles. The Kier molecular flexibility index (Phi) is 4.07. The first-order valence-electron chi connectivity index (χ1n) is 5.50. The van der Waals surface area contributed by atoms with Crippen LogP contribution in [0.5, 0.6) is 0 Å². The Hall–Kier alpha value is -2.23. The van der Waals surface area contributed by atoms with Crippen molar-refractivity contribution in [1.29, 1.82) is 0 Å². The molecule has 0 aliphatic heterocycles. The molecular formula is C11H8F3N3O3S. The van der Waals surface area contributed by atoms with E-state index in [1.54, 1.807) is 0 Å². The number of esters is 1. The standard InChI is InChI=1S/C11H8F3N3O3S/c1-20-10(19)7-2-3-9(18)17(15-7)5-6-4-8(21-16-6)11(12,13)14/h2-4H,5H2,1H3. The molecule has 21 heavy (non-hydrogen) atoms. The van der Waals surface area contributed by atoms with Gasteiger partial charge in [0.2, 0.25) is 0 Å². The number of hydrogen-bond acceptors (Lipinski definition) is 6. The van der Waals surface area contributed by atoms with Crippen molar-refractivity contribution in [3.63, 3.8) is 0 Å². The van der Waals surface area contributed by atoms with Crippen LogP contribution < -0.4 is 5.56 Å². The fraction of sp³-hybridized carbons (Fsp3) is 0.273. The van der Waals surface area contributed by atoms with Crippen molar-refractivity contribution >= 4 is 17.5 Å². The Morgan fingerprint density at radius 1 is 1.43 bits per heavy atom. The van der Waals surface area contributed by atoms with Crippen LogP contribution in [0.4, 0.5) is 13.2 Å². The minimum atomic E-state index is -4.48. The fourth-order valence-corrected chi connectivity index (χ4v) is 2.07. The molecule has 0 atom stereocenters. The van der Waals surface area contributed by atoms with Crippen LogP contribution in [0.15, 0.2) is 23.0 Å². The first-order valence-corrected chi connectivity index (χ1v) is 6.28. The highest BCUT2D eigenvalue weighted by Crippen LogP contribution is 2.32. The van der Waals surface area contributed by atoms with Crippen LogP contribution >= 0.6 is 11.5 Å². The highest BCUT2D eigenvalue weighted by atomic mass is 32.1. The lowest BCUT2D eigenvalue weighted by atomic mass is 10.3. The first kappa shape index (κ1) is 15.2. The van der Waals surface area contributed by atoms with Gasteiger partial charge in [-0.1, -0.05) is 0 Å². The zero-order valence-corrected chi connectivity index (χ0v) is 11.4. The SMILES string of the molecule is COC(=O)c1ccc(=O)n(Cc2cc(C(F)(F)F)sn2)n1. The molecule has 0 N–H and O–H groups in total. The van der Waals surface area contributed by atoms with Crippen LogP contribution in [0, 0.1) is 0 Å². The van der Waals surface area contributed by atoms with E-state index in [2.05, 4.69) is 14.2 Å². The van der Waals surface area contributed by atoms with Crippen LogP contribution in [0.1, 0.15) is 21.1 Å². The molecule has 112 valence electrons. The van der Waals surface area contributed by atoms with Crippen LogP contribution in [0.25, 0.3) is 0 Å². The molecule has 10 heteroatoms. The summed E-state index contributed by atoms with van der Waals surface area (Å²) in [7, 11) is 1.15. The van der Waals surface area contributed by atoms with E-state index in [-0.39, 0.29) is 29.5 Å². The van der Waals surface area contributed by atoms with Crippen molar-refractivity contribution in [1.82, 2.24) is 14.2 Å². The lowest BCUT2D eigenvalue weighted by Crippen LogP contribution is -2.25. The van der Waals surface area contributed by atoms with E-state index in [0.29, 0.717) is 0 Å². The average Bonchev–Trinajstić information content (AvgIpc) is 2.89. The smallest absolute Gasteiger partial charge is 0.427 e. The van der Waals surface area contributed by atoms with E-state index >= 15 is 0 Å². The molecule has 6 nitrogen and oxygen atoms in total. The molecule has 0 radical (unpaired) electrons. The zero-order valence-electron chi connectivity index (χ0n) is 10.5. The number of ether oxygens (including phenoxy) is 1. The maximum absolute atomic E-state index is 12.5. The molecule has 0 amide bonds. The quantitative estimate of drug-likeness (QED) is 0.803. The Balaban J connectivity index is 2.29. The molecule has 0 aliphatic carbocycles. The third-order valence-electron chi connectivity index (χ3n) is 2.41. The summed E-state index contributed by atoms with van der Waals surface area (Å²) < 4.78 is 46.3. The van der Waals surface area contributed by atoms with Crippen LogP contribution in [-0.2, 0) is 17.5 Å². The summed E-state index contributed by atoms with van der Waals surface area (Å²) in [6, 6.07) is 3.09.